The first-order valence-electron chi connectivity index (χ1n) is 10.5. The van der Waals surface area contributed by atoms with Crippen molar-refractivity contribution in [2.75, 3.05) is 12.4 Å². The van der Waals surface area contributed by atoms with Crippen molar-refractivity contribution >= 4 is 17.5 Å². The van der Waals surface area contributed by atoms with Crippen LogP contribution in [0.4, 0.5) is 5.69 Å². The van der Waals surface area contributed by atoms with E-state index in [0.717, 1.165) is 18.4 Å². The van der Waals surface area contributed by atoms with E-state index in [2.05, 4.69) is 5.32 Å². The number of benzene rings is 2. The van der Waals surface area contributed by atoms with Gasteiger partial charge in [0, 0.05) is 30.4 Å². The van der Waals surface area contributed by atoms with Crippen molar-refractivity contribution in [3.63, 3.8) is 0 Å². The van der Waals surface area contributed by atoms with Crippen molar-refractivity contribution in [2.45, 2.75) is 51.1 Å². The topological polar surface area (TPSA) is 75.4 Å². The van der Waals surface area contributed by atoms with Crippen LogP contribution in [-0.4, -0.2) is 29.8 Å². The summed E-state index contributed by atoms with van der Waals surface area (Å²) in [6, 6.07) is 16.7. The number of amides is 2. The van der Waals surface area contributed by atoms with Gasteiger partial charge in [-0.05, 0) is 42.7 Å². The molecule has 154 valence electrons. The molecular formula is C24H31N3O2. The fourth-order valence-corrected chi connectivity index (χ4v) is 3.92. The molecule has 0 radical (unpaired) electrons. The molecule has 0 spiro atoms. The highest BCUT2D eigenvalue weighted by molar-refractivity contribution is 5.96. The number of carbonyl (C=O) groups is 2. The summed E-state index contributed by atoms with van der Waals surface area (Å²) < 4.78 is 0. The molecule has 2 unspecified atom stereocenters. The van der Waals surface area contributed by atoms with Gasteiger partial charge in [0.2, 0.25) is 5.91 Å². The zero-order valence-corrected chi connectivity index (χ0v) is 17.3. The number of hydrogen-bond donors (Lipinski definition) is 2. The minimum absolute atomic E-state index is 0.0363. The lowest BCUT2D eigenvalue weighted by molar-refractivity contribution is -0.120. The van der Waals surface area contributed by atoms with Gasteiger partial charge >= 0.3 is 0 Å². The molecule has 0 bridgehead atoms. The third kappa shape index (κ3) is 5.24. The first-order chi connectivity index (χ1) is 14.0. The third-order valence-corrected chi connectivity index (χ3v) is 5.98. The van der Waals surface area contributed by atoms with E-state index in [-0.39, 0.29) is 23.8 Å². The molecule has 0 aliphatic heterocycles. The first kappa shape index (κ1) is 21.1. The van der Waals surface area contributed by atoms with Gasteiger partial charge in [-0.15, -0.1) is 0 Å². The summed E-state index contributed by atoms with van der Waals surface area (Å²) in [5, 5.41) is 2.91. The molecule has 2 aromatic carbocycles. The molecule has 1 saturated carbocycles. The van der Waals surface area contributed by atoms with E-state index >= 15 is 0 Å². The fourth-order valence-electron chi connectivity index (χ4n) is 3.92. The van der Waals surface area contributed by atoms with Gasteiger partial charge in [-0.25, -0.2) is 0 Å². The van der Waals surface area contributed by atoms with Gasteiger partial charge in [0.05, 0.1) is 5.92 Å². The maximum atomic E-state index is 12.8. The number of anilines is 1. The van der Waals surface area contributed by atoms with E-state index in [1.165, 1.54) is 19.3 Å². The van der Waals surface area contributed by atoms with Crippen LogP contribution in [0.5, 0.6) is 0 Å². The van der Waals surface area contributed by atoms with Crippen LogP contribution in [0.3, 0.4) is 0 Å². The number of nitrogens with two attached hydrogens (primary N) is 1. The lowest BCUT2D eigenvalue weighted by atomic mass is 9.94. The average Bonchev–Trinajstić information content (AvgIpc) is 2.78. The number of carbonyl (C=O) groups excluding carboxylic acids is 2. The van der Waals surface area contributed by atoms with E-state index in [9.17, 15) is 9.59 Å². The van der Waals surface area contributed by atoms with Crippen LogP contribution >= 0.6 is 0 Å². The lowest BCUT2D eigenvalue weighted by Crippen LogP contribution is -2.38. The zero-order valence-electron chi connectivity index (χ0n) is 17.3. The number of nitrogens with zero attached hydrogens (tertiary/aromatic N) is 1. The molecule has 5 nitrogen and oxygen atoms in total. The van der Waals surface area contributed by atoms with Crippen molar-refractivity contribution in [3.05, 3.63) is 65.7 Å². The highest BCUT2D eigenvalue weighted by Crippen LogP contribution is 2.24. The Morgan fingerprint density at radius 1 is 1.00 bits per heavy atom. The highest BCUT2D eigenvalue weighted by Gasteiger charge is 2.24. The van der Waals surface area contributed by atoms with Gasteiger partial charge in [-0.1, -0.05) is 56.5 Å². The van der Waals surface area contributed by atoms with Crippen LogP contribution in [0.2, 0.25) is 0 Å². The minimum Gasteiger partial charge on any atom is -0.339 e. The zero-order chi connectivity index (χ0) is 20.8. The van der Waals surface area contributed by atoms with Gasteiger partial charge in [0.25, 0.3) is 5.91 Å². The summed E-state index contributed by atoms with van der Waals surface area (Å²) in [6.45, 7) is 1.82. The van der Waals surface area contributed by atoms with Crippen molar-refractivity contribution in [1.29, 1.82) is 0 Å². The molecule has 2 amide bonds. The smallest absolute Gasteiger partial charge is 0.253 e. The molecule has 1 fully saturated rings. The van der Waals surface area contributed by atoms with E-state index in [1.807, 2.05) is 49.2 Å². The van der Waals surface area contributed by atoms with E-state index in [4.69, 9.17) is 5.73 Å². The van der Waals surface area contributed by atoms with Gasteiger partial charge in [-0.2, -0.15) is 0 Å². The number of nitrogens with one attached hydrogen (secondary N) is 1. The molecule has 3 N–H and O–H groups in total. The van der Waals surface area contributed by atoms with Crippen molar-refractivity contribution < 1.29 is 9.59 Å². The summed E-state index contributed by atoms with van der Waals surface area (Å²) in [6.07, 6.45) is 5.80. The largest absolute Gasteiger partial charge is 0.339 e. The Kier molecular flexibility index (Phi) is 7.04. The van der Waals surface area contributed by atoms with Crippen LogP contribution in [0.1, 0.15) is 61.0 Å². The van der Waals surface area contributed by atoms with Crippen LogP contribution in [0, 0.1) is 5.92 Å². The average molecular weight is 394 g/mol. The number of rotatable bonds is 6. The predicted octanol–water partition coefficient (Wildman–Crippen LogP) is 4.37. The standard InChI is InChI=1S/C24H31N3O2/c1-17(22(25)18-9-5-3-6-10-18)23(28)26-20-15-13-19(14-16-20)24(29)27(2)21-11-7-4-8-12-21/h3,5-6,9-10,13-17,21-22H,4,7-8,11-12,25H2,1-2H3,(H,26,28). The Hall–Kier alpha value is -2.66. The molecule has 1 aliphatic rings. The SMILES string of the molecule is CC(C(=O)Nc1ccc(C(=O)N(C)C2CCCCC2)cc1)C(N)c1ccccc1. The maximum absolute atomic E-state index is 12.8. The fraction of sp³-hybridized carbons (Fsp3) is 0.417. The summed E-state index contributed by atoms with van der Waals surface area (Å²) in [5.74, 6) is -0.481. The Morgan fingerprint density at radius 3 is 2.24 bits per heavy atom. The molecule has 1 aliphatic carbocycles. The van der Waals surface area contributed by atoms with Gasteiger partial charge in [0.15, 0.2) is 0 Å². The molecular weight excluding hydrogens is 362 g/mol. The van der Waals surface area contributed by atoms with Crippen LogP contribution in [0.15, 0.2) is 54.6 Å². The first-order valence-corrected chi connectivity index (χ1v) is 10.5. The van der Waals surface area contributed by atoms with Crippen molar-refractivity contribution in [2.24, 2.45) is 11.7 Å². The summed E-state index contributed by atoms with van der Waals surface area (Å²) >= 11 is 0. The summed E-state index contributed by atoms with van der Waals surface area (Å²) in [4.78, 5) is 27.2. The summed E-state index contributed by atoms with van der Waals surface area (Å²) in [7, 11) is 1.89. The summed E-state index contributed by atoms with van der Waals surface area (Å²) in [5.41, 5.74) is 8.49. The van der Waals surface area contributed by atoms with Gasteiger partial charge < -0.3 is 16.0 Å². The third-order valence-electron chi connectivity index (χ3n) is 5.98. The Bertz CT molecular complexity index is 814. The Balaban J connectivity index is 1.59. The second-order valence-corrected chi connectivity index (χ2v) is 8.00. The molecule has 5 heteroatoms. The normalized spacial score (nSPS) is 16.7. The molecule has 0 saturated heterocycles. The molecule has 0 heterocycles. The molecule has 0 aromatic heterocycles. The van der Waals surface area contributed by atoms with Crippen LogP contribution < -0.4 is 11.1 Å². The molecule has 29 heavy (non-hydrogen) atoms. The second-order valence-electron chi connectivity index (χ2n) is 8.00. The van der Waals surface area contributed by atoms with Gasteiger partial charge in [0.1, 0.15) is 0 Å². The van der Waals surface area contributed by atoms with Crippen molar-refractivity contribution in [1.82, 2.24) is 4.90 Å². The predicted molar refractivity (Wildman–Crippen MR) is 117 cm³/mol. The van der Waals surface area contributed by atoms with Crippen LogP contribution in [0.25, 0.3) is 0 Å². The Morgan fingerprint density at radius 2 is 1.62 bits per heavy atom. The number of hydrogen-bond acceptors (Lipinski definition) is 3. The van der Waals surface area contributed by atoms with E-state index < -0.39 is 0 Å². The quantitative estimate of drug-likeness (QED) is 0.765. The van der Waals surface area contributed by atoms with E-state index in [1.54, 1.807) is 24.3 Å². The molecule has 2 aromatic rings. The Labute approximate surface area is 173 Å². The second kappa shape index (κ2) is 9.70. The highest BCUT2D eigenvalue weighted by atomic mass is 16.2. The molecule has 3 rings (SSSR count). The van der Waals surface area contributed by atoms with Gasteiger partial charge in [-0.3, -0.25) is 9.59 Å². The monoisotopic (exact) mass is 393 g/mol. The minimum atomic E-state index is -0.379. The van der Waals surface area contributed by atoms with E-state index in [0.29, 0.717) is 17.3 Å². The van der Waals surface area contributed by atoms with Crippen LogP contribution in [-0.2, 0) is 4.79 Å². The maximum Gasteiger partial charge on any atom is 0.253 e. The van der Waals surface area contributed by atoms with Crippen molar-refractivity contribution in [3.8, 4) is 0 Å². The molecule has 2 atom stereocenters. The lowest BCUT2D eigenvalue weighted by Gasteiger charge is -2.31.